The van der Waals surface area contributed by atoms with Crippen LogP contribution >= 0.6 is 0 Å². The number of aromatic nitrogens is 2. The summed E-state index contributed by atoms with van der Waals surface area (Å²) in [5.41, 5.74) is 2.80. The van der Waals surface area contributed by atoms with Crippen LogP contribution < -0.4 is 4.74 Å². The van der Waals surface area contributed by atoms with Gasteiger partial charge in [0.25, 0.3) is 5.91 Å². The fraction of sp³-hybridized carbons (Fsp3) is 0.474. The maximum Gasteiger partial charge on any atom is 0.260 e. The summed E-state index contributed by atoms with van der Waals surface area (Å²) in [4.78, 5) is 14.5. The molecule has 2 aliphatic rings. The number of carbonyl (C=O) groups is 1. The second-order valence-corrected chi connectivity index (χ2v) is 6.68. The van der Waals surface area contributed by atoms with Crippen LogP contribution in [0.3, 0.4) is 0 Å². The number of fused-ring (bicyclic) bond motifs is 1. The molecule has 126 valence electrons. The molecule has 1 aliphatic carbocycles. The monoisotopic (exact) mass is 325 g/mol. The van der Waals surface area contributed by atoms with Gasteiger partial charge in [-0.2, -0.15) is 5.10 Å². The lowest BCUT2D eigenvalue weighted by Crippen LogP contribution is -2.40. The normalized spacial score (nSPS) is 19.5. The molecule has 1 saturated heterocycles. The minimum absolute atomic E-state index is 0.0742. The van der Waals surface area contributed by atoms with Gasteiger partial charge >= 0.3 is 0 Å². The fourth-order valence-electron chi connectivity index (χ4n) is 3.84. The molecule has 1 amide bonds. The third kappa shape index (κ3) is 3.16. The van der Waals surface area contributed by atoms with E-state index < -0.39 is 0 Å². The van der Waals surface area contributed by atoms with Crippen LogP contribution in [0.15, 0.2) is 36.7 Å². The second-order valence-electron chi connectivity index (χ2n) is 6.68. The zero-order valence-electron chi connectivity index (χ0n) is 13.9. The number of hydrogen-bond acceptors (Lipinski definition) is 3. The van der Waals surface area contributed by atoms with Crippen LogP contribution in [-0.4, -0.2) is 39.8 Å². The topological polar surface area (TPSA) is 47.4 Å². The van der Waals surface area contributed by atoms with Crippen LogP contribution in [-0.2, 0) is 24.2 Å². The van der Waals surface area contributed by atoms with Crippen LogP contribution in [0.25, 0.3) is 0 Å². The average Bonchev–Trinajstić information content (AvgIpc) is 3.34. The lowest BCUT2D eigenvalue weighted by molar-refractivity contribution is -0.134. The summed E-state index contributed by atoms with van der Waals surface area (Å²) in [5.74, 6) is 0.886. The number of benzene rings is 1. The van der Waals surface area contributed by atoms with E-state index in [1.165, 1.54) is 17.5 Å². The largest absolute Gasteiger partial charge is 0.484 e. The minimum atomic E-state index is 0.0742. The van der Waals surface area contributed by atoms with Gasteiger partial charge in [-0.05, 0) is 61.4 Å². The van der Waals surface area contributed by atoms with Crippen LogP contribution in [0.1, 0.15) is 30.4 Å². The van der Waals surface area contributed by atoms with Gasteiger partial charge in [0, 0.05) is 18.9 Å². The van der Waals surface area contributed by atoms with Crippen LogP contribution in [0.4, 0.5) is 0 Å². The first-order valence-corrected chi connectivity index (χ1v) is 8.81. The summed E-state index contributed by atoms with van der Waals surface area (Å²) in [6, 6.07) is 8.36. The predicted molar refractivity (Wildman–Crippen MR) is 90.9 cm³/mol. The molecule has 1 fully saturated rings. The zero-order chi connectivity index (χ0) is 16.4. The Balaban J connectivity index is 1.35. The number of nitrogens with zero attached hydrogens (tertiary/aromatic N) is 3. The molecule has 1 aromatic heterocycles. The van der Waals surface area contributed by atoms with E-state index in [1.807, 2.05) is 27.9 Å². The Kier molecular flexibility index (Phi) is 4.24. The number of hydrogen-bond donors (Lipinski definition) is 0. The first kappa shape index (κ1) is 15.2. The van der Waals surface area contributed by atoms with Crippen molar-refractivity contribution in [3.8, 4) is 5.75 Å². The molecular weight excluding hydrogens is 302 g/mol. The second kappa shape index (κ2) is 6.67. The number of aryl methyl sites for hydroxylation is 2. The average molecular weight is 325 g/mol. The van der Waals surface area contributed by atoms with E-state index in [4.69, 9.17) is 4.74 Å². The number of likely N-dealkylation sites (tertiary alicyclic amines) is 1. The van der Waals surface area contributed by atoms with E-state index in [0.29, 0.717) is 0 Å². The Bertz CT molecular complexity index is 711. The van der Waals surface area contributed by atoms with Crippen molar-refractivity contribution in [3.05, 3.63) is 47.8 Å². The zero-order valence-corrected chi connectivity index (χ0v) is 13.9. The molecule has 0 saturated carbocycles. The quantitative estimate of drug-likeness (QED) is 0.848. The highest BCUT2D eigenvalue weighted by atomic mass is 16.5. The van der Waals surface area contributed by atoms with E-state index in [2.05, 4.69) is 17.2 Å². The van der Waals surface area contributed by atoms with Crippen molar-refractivity contribution in [1.29, 1.82) is 0 Å². The summed E-state index contributed by atoms with van der Waals surface area (Å²) in [6.07, 6.45) is 9.32. The van der Waals surface area contributed by atoms with E-state index in [0.717, 1.165) is 44.5 Å². The third-order valence-electron chi connectivity index (χ3n) is 5.09. The highest BCUT2D eigenvalue weighted by Gasteiger charge is 2.29. The van der Waals surface area contributed by atoms with Gasteiger partial charge in [-0.3, -0.25) is 9.48 Å². The molecule has 1 atom stereocenters. The third-order valence-corrected chi connectivity index (χ3v) is 5.09. The summed E-state index contributed by atoms with van der Waals surface area (Å²) in [5, 5.41) is 4.25. The summed E-state index contributed by atoms with van der Waals surface area (Å²) >= 11 is 0. The Morgan fingerprint density at radius 2 is 2.17 bits per heavy atom. The number of ether oxygens (including phenoxy) is 1. The lowest BCUT2D eigenvalue weighted by atomic mass is 10.1. The first-order chi connectivity index (χ1) is 11.8. The van der Waals surface area contributed by atoms with Gasteiger partial charge in [0.15, 0.2) is 6.61 Å². The molecule has 5 heteroatoms. The summed E-state index contributed by atoms with van der Waals surface area (Å²) in [7, 11) is 0. The highest BCUT2D eigenvalue weighted by molar-refractivity contribution is 5.78. The van der Waals surface area contributed by atoms with Crippen molar-refractivity contribution in [1.82, 2.24) is 14.7 Å². The van der Waals surface area contributed by atoms with Crippen LogP contribution in [0.2, 0.25) is 0 Å². The van der Waals surface area contributed by atoms with Crippen molar-refractivity contribution in [3.63, 3.8) is 0 Å². The summed E-state index contributed by atoms with van der Waals surface area (Å²) in [6.45, 7) is 1.70. The van der Waals surface area contributed by atoms with Crippen LogP contribution in [0, 0.1) is 0 Å². The number of amides is 1. The van der Waals surface area contributed by atoms with Gasteiger partial charge in [-0.1, -0.05) is 6.07 Å². The van der Waals surface area contributed by atoms with Crippen molar-refractivity contribution >= 4 is 5.91 Å². The molecule has 5 nitrogen and oxygen atoms in total. The van der Waals surface area contributed by atoms with Gasteiger partial charge in [0.2, 0.25) is 0 Å². The summed E-state index contributed by atoms with van der Waals surface area (Å²) < 4.78 is 7.68. The van der Waals surface area contributed by atoms with Crippen molar-refractivity contribution in [2.24, 2.45) is 0 Å². The maximum atomic E-state index is 12.6. The molecule has 1 aliphatic heterocycles. The van der Waals surface area contributed by atoms with Gasteiger partial charge in [-0.15, -0.1) is 0 Å². The van der Waals surface area contributed by atoms with Gasteiger partial charge in [0.05, 0.1) is 12.6 Å². The minimum Gasteiger partial charge on any atom is -0.484 e. The Morgan fingerprint density at radius 3 is 3.04 bits per heavy atom. The molecule has 0 bridgehead atoms. The van der Waals surface area contributed by atoms with E-state index >= 15 is 0 Å². The van der Waals surface area contributed by atoms with E-state index in [1.54, 1.807) is 6.20 Å². The molecule has 24 heavy (non-hydrogen) atoms. The van der Waals surface area contributed by atoms with Crippen molar-refractivity contribution in [2.45, 2.75) is 44.7 Å². The molecule has 0 N–H and O–H groups in total. The molecule has 0 radical (unpaired) electrons. The Morgan fingerprint density at radius 1 is 1.25 bits per heavy atom. The van der Waals surface area contributed by atoms with Gasteiger partial charge in [-0.25, -0.2) is 0 Å². The lowest BCUT2D eigenvalue weighted by Gasteiger charge is -2.24. The van der Waals surface area contributed by atoms with E-state index in [9.17, 15) is 4.79 Å². The Hall–Kier alpha value is -2.30. The molecule has 2 heterocycles. The smallest absolute Gasteiger partial charge is 0.260 e. The van der Waals surface area contributed by atoms with E-state index in [-0.39, 0.29) is 18.6 Å². The van der Waals surface area contributed by atoms with Gasteiger partial charge in [0.1, 0.15) is 5.75 Å². The maximum absolute atomic E-state index is 12.6. The SMILES string of the molecule is O=C(COc1ccc2c(c1)CCC2)N1CCC[C@H]1Cn1cccn1. The standard InChI is InChI=1S/C19H23N3O2/c23-19(14-24-18-8-7-15-4-1-5-16(15)12-18)22-11-2-6-17(22)13-21-10-3-9-20-21/h3,7-10,12,17H,1-2,4-6,11,13-14H2/t17-/m0/s1. The van der Waals surface area contributed by atoms with Gasteiger partial charge < -0.3 is 9.64 Å². The molecular formula is C19H23N3O2. The molecule has 2 aromatic rings. The van der Waals surface area contributed by atoms with Crippen molar-refractivity contribution < 1.29 is 9.53 Å². The highest BCUT2D eigenvalue weighted by Crippen LogP contribution is 2.26. The first-order valence-electron chi connectivity index (χ1n) is 8.81. The number of carbonyl (C=O) groups excluding carboxylic acids is 1. The molecule has 4 rings (SSSR count). The molecule has 0 unspecified atom stereocenters. The fourth-order valence-corrected chi connectivity index (χ4v) is 3.84. The Labute approximate surface area is 142 Å². The number of rotatable bonds is 5. The van der Waals surface area contributed by atoms with Crippen molar-refractivity contribution in [2.75, 3.05) is 13.2 Å². The van der Waals surface area contributed by atoms with Crippen LogP contribution in [0.5, 0.6) is 5.75 Å². The molecule has 1 aromatic carbocycles. The predicted octanol–water partition coefficient (Wildman–Crippen LogP) is 2.44. The molecule has 0 spiro atoms.